The largest absolute Gasteiger partial charge is 0.454 e. The van der Waals surface area contributed by atoms with Crippen LogP contribution in [0.2, 0.25) is 0 Å². The minimum Gasteiger partial charge on any atom is -0.454 e. The highest BCUT2D eigenvalue weighted by molar-refractivity contribution is 6.05. The Bertz CT molecular complexity index is 1410. The third kappa shape index (κ3) is 5.82. The van der Waals surface area contributed by atoms with E-state index < -0.39 is 10.8 Å². The lowest BCUT2D eigenvalue weighted by molar-refractivity contribution is -0.385. The van der Waals surface area contributed by atoms with Crippen LogP contribution in [0.3, 0.4) is 0 Å². The van der Waals surface area contributed by atoms with Crippen molar-refractivity contribution in [1.29, 1.82) is 0 Å². The van der Waals surface area contributed by atoms with E-state index in [1.807, 2.05) is 0 Å². The van der Waals surface area contributed by atoms with Gasteiger partial charge in [0.25, 0.3) is 5.91 Å². The van der Waals surface area contributed by atoms with E-state index >= 15 is 0 Å². The van der Waals surface area contributed by atoms with Gasteiger partial charge in [-0.05, 0) is 48.9 Å². The zero-order chi connectivity index (χ0) is 24.8. The average Bonchev–Trinajstić information content (AvgIpc) is 3.53. The fraction of sp³-hybridized carbons (Fsp3) is 0.0870. The molecule has 0 atom stereocenters. The van der Waals surface area contributed by atoms with Crippen molar-refractivity contribution in [2.24, 2.45) is 5.10 Å². The number of amides is 2. The summed E-state index contributed by atoms with van der Waals surface area (Å²) in [7, 11) is 0. The van der Waals surface area contributed by atoms with Gasteiger partial charge in [0.15, 0.2) is 5.76 Å². The van der Waals surface area contributed by atoms with Gasteiger partial charge in [-0.25, -0.2) is 5.43 Å². The second-order valence-electron chi connectivity index (χ2n) is 7.33. The van der Waals surface area contributed by atoms with Gasteiger partial charge in [0.1, 0.15) is 18.2 Å². The zero-order valence-corrected chi connectivity index (χ0v) is 18.4. The third-order valence-corrected chi connectivity index (χ3v) is 4.82. The van der Waals surface area contributed by atoms with Crippen molar-refractivity contribution in [3.05, 3.63) is 106 Å². The molecule has 0 bridgehead atoms. The van der Waals surface area contributed by atoms with Crippen LogP contribution in [0.4, 0.5) is 11.4 Å². The van der Waals surface area contributed by atoms with Crippen molar-refractivity contribution >= 4 is 28.9 Å². The monoisotopic (exact) mass is 473 g/mol. The van der Waals surface area contributed by atoms with E-state index in [4.69, 9.17) is 4.42 Å². The molecule has 12 heteroatoms. The molecule has 2 N–H and O–H groups in total. The molecule has 3 aromatic heterocycles. The molecule has 0 saturated heterocycles. The van der Waals surface area contributed by atoms with Crippen molar-refractivity contribution in [3.8, 4) is 0 Å². The minimum absolute atomic E-state index is 0.0238. The average molecular weight is 473 g/mol. The van der Waals surface area contributed by atoms with Gasteiger partial charge in [-0.3, -0.25) is 29.4 Å². The Hall–Kier alpha value is -5.13. The molecular weight excluding hydrogens is 454 g/mol. The van der Waals surface area contributed by atoms with Crippen molar-refractivity contribution in [3.63, 3.8) is 0 Å². The van der Waals surface area contributed by atoms with E-state index in [2.05, 4.69) is 25.9 Å². The van der Waals surface area contributed by atoms with E-state index in [1.54, 1.807) is 55.6 Å². The lowest BCUT2D eigenvalue weighted by Crippen LogP contribution is -2.19. The summed E-state index contributed by atoms with van der Waals surface area (Å²) in [6.07, 6.45) is 5.46. The molecule has 0 fully saturated rings. The Balaban J connectivity index is 1.37. The minimum atomic E-state index is -0.567. The highest BCUT2D eigenvalue weighted by Gasteiger charge is 2.14. The third-order valence-electron chi connectivity index (χ3n) is 4.82. The van der Waals surface area contributed by atoms with Crippen molar-refractivity contribution in [2.45, 2.75) is 13.5 Å². The second kappa shape index (κ2) is 10.2. The van der Waals surface area contributed by atoms with Crippen LogP contribution in [0.5, 0.6) is 0 Å². The molecule has 4 rings (SSSR count). The Morgan fingerprint density at radius 1 is 1.11 bits per heavy atom. The van der Waals surface area contributed by atoms with Crippen LogP contribution in [0.1, 0.15) is 39.2 Å². The molecule has 0 aliphatic rings. The summed E-state index contributed by atoms with van der Waals surface area (Å²) in [6.45, 7) is 1.83. The number of nitro groups is 1. The summed E-state index contributed by atoms with van der Waals surface area (Å²) >= 11 is 0. The van der Waals surface area contributed by atoms with E-state index in [-0.39, 0.29) is 23.9 Å². The number of hydrogen-bond donors (Lipinski definition) is 2. The van der Waals surface area contributed by atoms with E-state index in [0.29, 0.717) is 28.3 Å². The number of carbonyl (C=O) groups excluding carboxylic acids is 2. The molecule has 0 saturated carbocycles. The van der Waals surface area contributed by atoms with Crippen LogP contribution in [0.15, 0.2) is 82.8 Å². The summed E-state index contributed by atoms with van der Waals surface area (Å²) < 4.78 is 6.83. The van der Waals surface area contributed by atoms with Gasteiger partial charge >= 0.3 is 11.6 Å². The van der Waals surface area contributed by atoms with Gasteiger partial charge < -0.3 is 9.73 Å². The summed E-state index contributed by atoms with van der Waals surface area (Å²) in [5.74, 6) is -0.443. The molecule has 3 heterocycles. The molecule has 0 aliphatic carbocycles. The lowest BCUT2D eigenvalue weighted by Gasteiger charge is -2.07. The SMILES string of the molecule is CC(=NNC(=O)c1ccc(Cn2cc([N+](=O)[O-])cn2)o1)c1cccc(NC(=O)c2cccnc2)c1. The normalized spacial score (nSPS) is 11.2. The fourth-order valence-corrected chi connectivity index (χ4v) is 3.05. The van der Waals surface area contributed by atoms with Crippen LogP contribution in [-0.2, 0) is 6.54 Å². The molecule has 1 aromatic carbocycles. The van der Waals surface area contributed by atoms with Gasteiger partial charge in [0.05, 0.1) is 22.7 Å². The Kier molecular flexibility index (Phi) is 6.72. The molecule has 0 radical (unpaired) electrons. The van der Waals surface area contributed by atoms with Crippen LogP contribution < -0.4 is 10.7 Å². The summed E-state index contributed by atoms with van der Waals surface area (Å²) in [6, 6.07) is 13.4. The first-order chi connectivity index (χ1) is 16.9. The van der Waals surface area contributed by atoms with Crippen LogP contribution in [-0.4, -0.2) is 37.2 Å². The number of rotatable bonds is 8. The first-order valence-corrected chi connectivity index (χ1v) is 10.3. The predicted octanol–water partition coefficient (Wildman–Crippen LogP) is 3.23. The van der Waals surface area contributed by atoms with Gasteiger partial charge in [-0.15, -0.1) is 0 Å². The van der Waals surface area contributed by atoms with E-state index in [0.717, 1.165) is 6.20 Å². The van der Waals surface area contributed by atoms with Crippen molar-refractivity contribution in [2.75, 3.05) is 5.32 Å². The number of carbonyl (C=O) groups is 2. The Morgan fingerprint density at radius 3 is 2.69 bits per heavy atom. The summed E-state index contributed by atoms with van der Waals surface area (Å²) in [4.78, 5) is 38.9. The molecule has 0 aliphatic heterocycles. The maximum Gasteiger partial charge on any atom is 0.307 e. The summed E-state index contributed by atoms with van der Waals surface area (Å²) in [5.41, 5.74) is 4.48. The molecule has 35 heavy (non-hydrogen) atoms. The molecule has 0 unspecified atom stereocenters. The number of nitrogens with zero attached hydrogens (tertiary/aromatic N) is 5. The van der Waals surface area contributed by atoms with E-state index in [1.165, 1.54) is 23.1 Å². The topological polar surface area (TPSA) is 158 Å². The number of aromatic nitrogens is 3. The number of benzene rings is 1. The first kappa shape index (κ1) is 23.0. The highest BCUT2D eigenvalue weighted by Crippen LogP contribution is 2.15. The predicted molar refractivity (Wildman–Crippen MR) is 125 cm³/mol. The van der Waals surface area contributed by atoms with Crippen LogP contribution in [0, 0.1) is 10.1 Å². The van der Waals surface area contributed by atoms with Crippen molar-refractivity contribution in [1.82, 2.24) is 20.2 Å². The smallest absolute Gasteiger partial charge is 0.307 e. The molecule has 2 amide bonds. The van der Waals surface area contributed by atoms with Gasteiger partial charge in [0.2, 0.25) is 0 Å². The Morgan fingerprint density at radius 2 is 1.94 bits per heavy atom. The van der Waals surface area contributed by atoms with Crippen LogP contribution in [0.25, 0.3) is 0 Å². The molecule has 4 aromatic rings. The zero-order valence-electron chi connectivity index (χ0n) is 18.4. The number of pyridine rings is 1. The maximum absolute atomic E-state index is 12.4. The quantitative estimate of drug-likeness (QED) is 0.226. The van der Waals surface area contributed by atoms with Gasteiger partial charge in [-0.2, -0.15) is 10.2 Å². The number of nitrogens with one attached hydrogen (secondary N) is 2. The van der Waals surface area contributed by atoms with Gasteiger partial charge in [-0.1, -0.05) is 12.1 Å². The fourth-order valence-electron chi connectivity index (χ4n) is 3.05. The van der Waals surface area contributed by atoms with Crippen LogP contribution >= 0.6 is 0 Å². The number of furan rings is 1. The molecule has 176 valence electrons. The highest BCUT2D eigenvalue weighted by atomic mass is 16.6. The molecule has 0 spiro atoms. The maximum atomic E-state index is 12.4. The Labute approximate surface area is 198 Å². The van der Waals surface area contributed by atoms with E-state index in [9.17, 15) is 19.7 Å². The number of anilines is 1. The summed E-state index contributed by atoms with van der Waals surface area (Å²) in [5, 5.41) is 21.5. The lowest BCUT2D eigenvalue weighted by atomic mass is 10.1. The van der Waals surface area contributed by atoms with Gasteiger partial charge in [0, 0.05) is 18.1 Å². The first-order valence-electron chi connectivity index (χ1n) is 10.3. The standard InChI is InChI=1S/C23H19N7O5/c1-15(16-4-2-6-18(10-16)26-22(31)17-5-3-9-24-11-17)27-28-23(32)21-8-7-20(35-21)14-29-13-19(12-25-29)30(33)34/h2-13H,14H2,1H3,(H,26,31)(H,28,32). The molecular formula is C23H19N7O5. The number of hydrogen-bond acceptors (Lipinski definition) is 8. The molecule has 12 nitrogen and oxygen atoms in total. The second-order valence-corrected chi connectivity index (χ2v) is 7.33. The van der Waals surface area contributed by atoms with Crippen molar-refractivity contribution < 1.29 is 18.9 Å². The number of hydrazone groups is 1.